The number of amides is 1. The maximum absolute atomic E-state index is 12.0. The van der Waals surface area contributed by atoms with E-state index >= 15 is 0 Å². The largest absolute Gasteiger partial charge is 0.369 e. The summed E-state index contributed by atoms with van der Waals surface area (Å²) >= 11 is 6.01. The number of hydrogen-bond acceptors (Lipinski definition) is 4. The van der Waals surface area contributed by atoms with Gasteiger partial charge in [-0.25, -0.2) is 9.97 Å². The molecule has 0 fully saturated rings. The summed E-state index contributed by atoms with van der Waals surface area (Å²) in [7, 11) is 0. The molecule has 5 nitrogen and oxygen atoms in total. The van der Waals surface area contributed by atoms with Crippen molar-refractivity contribution in [3.63, 3.8) is 0 Å². The Morgan fingerprint density at radius 3 is 2.70 bits per heavy atom. The van der Waals surface area contributed by atoms with Crippen LogP contribution in [0.4, 0.5) is 11.5 Å². The molecule has 1 aromatic carbocycles. The van der Waals surface area contributed by atoms with Gasteiger partial charge in [0, 0.05) is 17.3 Å². The first-order chi connectivity index (χ1) is 9.60. The third kappa shape index (κ3) is 3.45. The minimum Gasteiger partial charge on any atom is -0.369 e. The van der Waals surface area contributed by atoms with Gasteiger partial charge in [-0.15, -0.1) is 0 Å². The molecule has 0 saturated carbocycles. The molecule has 2 rings (SSSR count). The molecule has 1 heterocycles. The van der Waals surface area contributed by atoms with Crippen molar-refractivity contribution in [1.82, 2.24) is 9.97 Å². The highest BCUT2D eigenvalue weighted by atomic mass is 35.5. The van der Waals surface area contributed by atoms with Gasteiger partial charge in [-0.2, -0.15) is 0 Å². The van der Waals surface area contributed by atoms with Crippen LogP contribution in [0.25, 0.3) is 0 Å². The van der Waals surface area contributed by atoms with Gasteiger partial charge in [-0.1, -0.05) is 17.7 Å². The number of carbonyl (C=O) groups is 1. The van der Waals surface area contributed by atoms with Crippen molar-refractivity contribution >= 4 is 29.0 Å². The summed E-state index contributed by atoms with van der Waals surface area (Å²) in [4.78, 5) is 20.2. The Kier molecular flexibility index (Phi) is 4.53. The topological polar surface area (TPSA) is 66.9 Å². The Hall–Kier alpha value is -2.14. The second kappa shape index (κ2) is 6.34. The Labute approximate surface area is 122 Å². The van der Waals surface area contributed by atoms with Gasteiger partial charge < -0.3 is 10.6 Å². The molecule has 0 bridgehead atoms. The first-order valence-corrected chi connectivity index (χ1v) is 6.61. The number of anilines is 2. The zero-order chi connectivity index (χ0) is 14.5. The molecule has 20 heavy (non-hydrogen) atoms. The second-order valence-corrected chi connectivity index (χ2v) is 4.64. The molecular weight excluding hydrogens is 276 g/mol. The molecule has 2 N–H and O–H groups in total. The lowest BCUT2D eigenvalue weighted by molar-refractivity contribution is 0.102. The number of nitrogens with one attached hydrogen (secondary N) is 2. The van der Waals surface area contributed by atoms with Gasteiger partial charge in [-0.3, -0.25) is 4.79 Å². The fourth-order valence-electron chi connectivity index (χ4n) is 1.58. The van der Waals surface area contributed by atoms with Crippen LogP contribution < -0.4 is 10.6 Å². The number of nitrogens with zero attached hydrogens (tertiary/aromatic N) is 2. The van der Waals surface area contributed by atoms with Crippen LogP contribution in [0.5, 0.6) is 0 Å². The number of rotatable bonds is 4. The Bertz CT molecular complexity index is 613. The molecule has 0 saturated heterocycles. The summed E-state index contributed by atoms with van der Waals surface area (Å²) in [6.07, 6.45) is 2.96. The number of aryl methyl sites for hydroxylation is 1. The van der Waals surface area contributed by atoms with E-state index in [9.17, 15) is 4.79 Å². The lowest BCUT2D eigenvalue weighted by Gasteiger charge is -2.07. The Morgan fingerprint density at radius 2 is 2.10 bits per heavy atom. The highest BCUT2D eigenvalue weighted by Crippen LogP contribution is 2.20. The molecule has 6 heteroatoms. The van der Waals surface area contributed by atoms with E-state index < -0.39 is 0 Å². The van der Waals surface area contributed by atoms with Crippen molar-refractivity contribution in [1.29, 1.82) is 0 Å². The van der Waals surface area contributed by atoms with Crippen molar-refractivity contribution < 1.29 is 4.79 Å². The van der Waals surface area contributed by atoms with E-state index in [1.807, 2.05) is 19.9 Å². The SMILES string of the molecule is CCNc1cnc(C(=O)Nc2ccc(C)c(Cl)c2)cn1. The Morgan fingerprint density at radius 1 is 1.30 bits per heavy atom. The monoisotopic (exact) mass is 290 g/mol. The molecule has 0 aliphatic heterocycles. The fourth-order valence-corrected chi connectivity index (χ4v) is 1.76. The van der Waals surface area contributed by atoms with E-state index in [2.05, 4.69) is 20.6 Å². The number of carbonyl (C=O) groups excluding carboxylic acids is 1. The number of benzene rings is 1. The minimum absolute atomic E-state index is 0.253. The highest BCUT2D eigenvalue weighted by Gasteiger charge is 2.09. The molecule has 104 valence electrons. The zero-order valence-electron chi connectivity index (χ0n) is 11.3. The van der Waals surface area contributed by atoms with Crippen LogP contribution in [0.15, 0.2) is 30.6 Å². The van der Waals surface area contributed by atoms with E-state index in [1.54, 1.807) is 12.1 Å². The number of halogens is 1. The smallest absolute Gasteiger partial charge is 0.275 e. The van der Waals surface area contributed by atoms with E-state index in [1.165, 1.54) is 12.4 Å². The van der Waals surface area contributed by atoms with E-state index in [0.29, 0.717) is 16.5 Å². The van der Waals surface area contributed by atoms with Crippen molar-refractivity contribution in [2.45, 2.75) is 13.8 Å². The average Bonchev–Trinajstić information content (AvgIpc) is 2.44. The summed E-state index contributed by atoms with van der Waals surface area (Å²) in [6, 6.07) is 5.34. The van der Waals surface area contributed by atoms with Crippen LogP contribution in [0, 0.1) is 6.92 Å². The predicted octanol–water partition coefficient (Wildman–Crippen LogP) is 3.12. The summed E-state index contributed by atoms with van der Waals surface area (Å²) in [6.45, 7) is 4.62. The molecule has 1 amide bonds. The molecular formula is C14H15ClN4O. The summed E-state index contributed by atoms with van der Waals surface area (Å²) in [5, 5.41) is 6.35. The van der Waals surface area contributed by atoms with Crippen LogP contribution in [0.2, 0.25) is 5.02 Å². The maximum Gasteiger partial charge on any atom is 0.275 e. The number of hydrogen-bond donors (Lipinski definition) is 2. The van der Waals surface area contributed by atoms with Crippen molar-refractivity contribution in [3.8, 4) is 0 Å². The fraction of sp³-hybridized carbons (Fsp3) is 0.214. The molecule has 2 aromatic rings. The van der Waals surface area contributed by atoms with Gasteiger partial charge in [0.25, 0.3) is 5.91 Å². The zero-order valence-corrected chi connectivity index (χ0v) is 12.0. The third-order valence-corrected chi connectivity index (χ3v) is 3.08. The quantitative estimate of drug-likeness (QED) is 0.908. The van der Waals surface area contributed by atoms with Crippen LogP contribution in [-0.2, 0) is 0 Å². The van der Waals surface area contributed by atoms with E-state index in [0.717, 1.165) is 12.1 Å². The molecule has 0 spiro atoms. The molecule has 1 aromatic heterocycles. The van der Waals surface area contributed by atoms with Crippen molar-refractivity contribution in [2.75, 3.05) is 17.2 Å². The third-order valence-electron chi connectivity index (χ3n) is 2.67. The standard InChI is InChI=1S/C14H15ClN4O/c1-3-16-13-8-17-12(7-18-13)14(20)19-10-5-4-9(2)11(15)6-10/h4-8H,3H2,1-2H3,(H,16,18)(H,19,20). The normalized spacial score (nSPS) is 10.2. The van der Waals surface area contributed by atoms with Gasteiger partial charge in [0.05, 0.1) is 12.4 Å². The van der Waals surface area contributed by atoms with Crippen LogP contribution >= 0.6 is 11.6 Å². The average molecular weight is 291 g/mol. The summed E-state index contributed by atoms with van der Waals surface area (Å²) in [5.41, 5.74) is 1.84. The minimum atomic E-state index is -0.319. The van der Waals surface area contributed by atoms with Crippen LogP contribution in [-0.4, -0.2) is 22.4 Å². The van der Waals surface area contributed by atoms with Crippen LogP contribution in [0.1, 0.15) is 23.0 Å². The Balaban J connectivity index is 2.09. The number of aromatic nitrogens is 2. The molecule has 0 radical (unpaired) electrons. The van der Waals surface area contributed by atoms with Gasteiger partial charge in [0.2, 0.25) is 0 Å². The van der Waals surface area contributed by atoms with Gasteiger partial charge in [0.15, 0.2) is 0 Å². The maximum atomic E-state index is 12.0. The summed E-state index contributed by atoms with van der Waals surface area (Å²) in [5.74, 6) is 0.322. The van der Waals surface area contributed by atoms with E-state index in [4.69, 9.17) is 11.6 Å². The second-order valence-electron chi connectivity index (χ2n) is 4.24. The van der Waals surface area contributed by atoms with E-state index in [-0.39, 0.29) is 11.6 Å². The van der Waals surface area contributed by atoms with Gasteiger partial charge in [0.1, 0.15) is 11.5 Å². The first-order valence-electron chi connectivity index (χ1n) is 6.23. The van der Waals surface area contributed by atoms with Crippen molar-refractivity contribution in [3.05, 3.63) is 46.9 Å². The predicted molar refractivity (Wildman–Crippen MR) is 80.3 cm³/mol. The molecule has 0 aliphatic rings. The first kappa shape index (κ1) is 14.3. The van der Waals surface area contributed by atoms with Gasteiger partial charge >= 0.3 is 0 Å². The van der Waals surface area contributed by atoms with Crippen LogP contribution in [0.3, 0.4) is 0 Å². The highest BCUT2D eigenvalue weighted by molar-refractivity contribution is 6.31. The molecule has 0 unspecified atom stereocenters. The molecule has 0 aliphatic carbocycles. The lowest BCUT2D eigenvalue weighted by atomic mass is 10.2. The van der Waals surface area contributed by atoms with Gasteiger partial charge in [-0.05, 0) is 31.5 Å². The lowest BCUT2D eigenvalue weighted by Crippen LogP contribution is -2.14. The van der Waals surface area contributed by atoms with Crippen molar-refractivity contribution in [2.24, 2.45) is 0 Å². The summed E-state index contributed by atoms with van der Waals surface area (Å²) < 4.78 is 0. The molecule has 0 atom stereocenters.